The van der Waals surface area contributed by atoms with Crippen LogP contribution in [0.25, 0.3) is 11.0 Å². The molecule has 0 saturated carbocycles. The Labute approximate surface area is 135 Å². The van der Waals surface area contributed by atoms with E-state index in [0.29, 0.717) is 11.3 Å². The van der Waals surface area contributed by atoms with Crippen LogP contribution >= 0.6 is 0 Å². The summed E-state index contributed by atoms with van der Waals surface area (Å²) in [6.45, 7) is 6.62. The number of hydrogen-bond donors (Lipinski definition) is 1. The van der Waals surface area contributed by atoms with Gasteiger partial charge in [-0.3, -0.25) is 9.69 Å². The van der Waals surface area contributed by atoms with Crippen molar-refractivity contribution >= 4 is 22.6 Å². The van der Waals surface area contributed by atoms with Gasteiger partial charge in [0.1, 0.15) is 5.58 Å². The standard InChI is InChI=1S/C18H22N2O3/c1-12-5-7-20(8-6-12)11-14-9-18(22)23-17-10-15(19-13(2)21)3-4-16(14)17/h3-4,9-10,12H,5-8,11H2,1-2H3,(H,19,21). The van der Waals surface area contributed by atoms with Gasteiger partial charge in [0.25, 0.3) is 0 Å². The van der Waals surface area contributed by atoms with Crippen LogP contribution in [-0.4, -0.2) is 23.9 Å². The molecular formula is C18H22N2O3. The monoisotopic (exact) mass is 314 g/mol. The number of piperidine rings is 1. The van der Waals surface area contributed by atoms with E-state index in [9.17, 15) is 9.59 Å². The quantitative estimate of drug-likeness (QED) is 0.885. The molecule has 0 atom stereocenters. The van der Waals surface area contributed by atoms with Crippen LogP contribution in [0.4, 0.5) is 5.69 Å². The molecule has 5 nitrogen and oxygen atoms in total. The maximum absolute atomic E-state index is 11.9. The number of carbonyl (C=O) groups excluding carboxylic acids is 1. The fourth-order valence-corrected chi connectivity index (χ4v) is 3.10. The third kappa shape index (κ3) is 3.79. The van der Waals surface area contributed by atoms with Gasteiger partial charge in [-0.2, -0.15) is 0 Å². The average molecular weight is 314 g/mol. The smallest absolute Gasteiger partial charge is 0.336 e. The van der Waals surface area contributed by atoms with Gasteiger partial charge in [0.05, 0.1) is 0 Å². The Hall–Kier alpha value is -2.14. The molecule has 0 bridgehead atoms. The number of nitrogens with zero attached hydrogens (tertiary/aromatic N) is 1. The van der Waals surface area contributed by atoms with Crippen LogP contribution in [0.1, 0.15) is 32.3 Å². The van der Waals surface area contributed by atoms with E-state index in [1.807, 2.05) is 12.1 Å². The third-order valence-electron chi connectivity index (χ3n) is 4.42. The number of carbonyl (C=O) groups is 1. The summed E-state index contributed by atoms with van der Waals surface area (Å²) in [7, 11) is 0. The van der Waals surface area contributed by atoms with E-state index in [4.69, 9.17) is 4.42 Å². The second-order valence-corrected chi connectivity index (χ2v) is 6.44. The van der Waals surface area contributed by atoms with Gasteiger partial charge in [-0.05, 0) is 49.5 Å². The highest BCUT2D eigenvalue weighted by molar-refractivity contribution is 5.92. The first kappa shape index (κ1) is 15.7. The third-order valence-corrected chi connectivity index (χ3v) is 4.42. The van der Waals surface area contributed by atoms with Crippen LogP contribution in [-0.2, 0) is 11.3 Å². The number of nitrogens with one attached hydrogen (secondary N) is 1. The summed E-state index contributed by atoms with van der Waals surface area (Å²) in [6, 6.07) is 7.04. The van der Waals surface area contributed by atoms with Gasteiger partial charge < -0.3 is 9.73 Å². The minimum Gasteiger partial charge on any atom is -0.423 e. The van der Waals surface area contributed by atoms with Gasteiger partial charge in [0.15, 0.2) is 0 Å². The van der Waals surface area contributed by atoms with Crippen molar-refractivity contribution in [2.75, 3.05) is 18.4 Å². The second kappa shape index (κ2) is 6.54. The summed E-state index contributed by atoms with van der Waals surface area (Å²) in [5, 5.41) is 3.64. The lowest BCUT2D eigenvalue weighted by Gasteiger charge is -2.30. The van der Waals surface area contributed by atoms with E-state index in [0.717, 1.165) is 36.5 Å². The number of anilines is 1. The van der Waals surface area contributed by atoms with Crippen LogP contribution in [0, 0.1) is 5.92 Å². The second-order valence-electron chi connectivity index (χ2n) is 6.44. The minimum atomic E-state index is -0.349. The fraction of sp³-hybridized carbons (Fsp3) is 0.444. The minimum absolute atomic E-state index is 0.148. The molecule has 1 aromatic carbocycles. The molecule has 2 aromatic rings. The Morgan fingerprint density at radius 2 is 2.04 bits per heavy atom. The molecule has 1 aliphatic rings. The number of rotatable bonds is 3. The van der Waals surface area contributed by atoms with E-state index in [-0.39, 0.29) is 11.5 Å². The molecule has 1 aliphatic heterocycles. The number of hydrogen-bond acceptors (Lipinski definition) is 4. The number of amides is 1. The molecule has 1 amide bonds. The van der Waals surface area contributed by atoms with Gasteiger partial charge in [0.2, 0.25) is 5.91 Å². The molecule has 3 rings (SSSR count). The molecule has 1 N–H and O–H groups in total. The largest absolute Gasteiger partial charge is 0.423 e. The molecule has 23 heavy (non-hydrogen) atoms. The summed E-state index contributed by atoms with van der Waals surface area (Å²) in [5.41, 5.74) is 1.79. The Morgan fingerprint density at radius 3 is 2.74 bits per heavy atom. The zero-order chi connectivity index (χ0) is 16.4. The lowest BCUT2D eigenvalue weighted by molar-refractivity contribution is -0.114. The predicted octanol–water partition coefficient (Wildman–Crippen LogP) is 2.98. The highest BCUT2D eigenvalue weighted by Crippen LogP contribution is 2.24. The first-order valence-electron chi connectivity index (χ1n) is 8.08. The van der Waals surface area contributed by atoms with Crippen LogP contribution in [0.2, 0.25) is 0 Å². The summed E-state index contributed by atoms with van der Waals surface area (Å²) in [6.07, 6.45) is 2.40. The fourth-order valence-electron chi connectivity index (χ4n) is 3.10. The van der Waals surface area contributed by atoms with Crippen LogP contribution < -0.4 is 10.9 Å². The molecular weight excluding hydrogens is 292 g/mol. The highest BCUT2D eigenvalue weighted by Gasteiger charge is 2.17. The first-order chi connectivity index (χ1) is 11.0. The van der Waals surface area contributed by atoms with E-state index in [1.54, 1.807) is 12.1 Å². The summed E-state index contributed by atoms with van der Waals surface area (Å²) >= 11 is 0. The molecule has 122 valence electrons. The van der Waals surface area contributed by atoms with Crippen molar-refractivity contribution in [3.8, 4) is 0 Å². The molecule has 0 spiro atoms. The first-order valence-corrected chi connectivity index (χ1v) is 8.08. The van der Waals surface area contributed by atoms with Gasteiger partial charge in [0, 0.05) is 36.7 Å². The zero-order valence-electron chi connectivity index (χ0n) is 13.6. The van der Waals surface area contributed by atoms with Crippen molar-refractivity contribution in [1.29, 1.82) is 0 Å². The maximum Gasteiger partial charge on any atom is 0.336 e. The topological polar surface area (TPSA) is 62.6 Å². The molecule has 1 fully saturated rings. The van der Waals surface area contributed by atoms with Crippen molar-refractivity contribution in [3.63, 3.8) is 0 Å². The highest BCUT2D eigenvalue weighted by atomic mass is 16.4. The van der Waals surface area contributed by atoms with Crippen molar-refractivity contribution in [2.24, 2.45) is 5.92 Å². The van der Waals surface area contributed by atoms with E-state index in [2.05, 4.69) is 17.1 Å². The SMILES string of the molecule is CC(=O)Nc1ccc2c(CN3CCC(C)CC3)cc(=O)oc2c1. The maximum atomic E-state index is 11.9. The average Bonchev–Trinajstić information content (AvgIpc) is 2.48. The van der Waals surface area contributed by atoms with Crippen molar-refractivity contribution < 1.29 is 9.21 Å². The van der Waals surface area contributed by atoms with Gasteiger partial charge in [-0.1, -0.05) is 6.92 Å². The molecule has 0 aliphatic carbocycles. The zero-order valence-corrected chi connectivity index (χ0v) is 13.6. The van der Waals surface area contributed by atoms with Crippen LogP contribution in [0.3, 0.4) is 0 Å². The Bertz CT molecular complexity index is 773. The molecule has 5 heteroatoms. The molecule has 0 unspecified atom stereocenters. The van der Waals surface area contributed by atoms with Crippen LogP contribution in [0.15, 0.2) is 33.5 Å². The normalized spacial score (nSPS) is 16.6. The van der Waals surface area contributed by atoms with E-state index < -0.39 is 0 Å². The van der Waals surface area contributed by atoms with E-state index >= 15 is 0 Å². The lowest BCUT2D eigenvalue weighted by Crippen LogP contribution is -2.32. The number of benzene rings is 1. The van der Waals surface area contributed by atoms with Gasteiger partial charge >= 0.3 is 5.63 Å². The summed E-state index contributed by atoms with van der Waals surface area (Å²) in [4.78, 5) is 25.4. The predicted molar refractivity (Wildman–Crippen MR) is 90.5 cm³/mol. The van der Waals surface area contributed by atoms with Gasteiger partial charge in [-0.15, -0.1) is 0 Å². The summed E-state index contributed by atoms with van der Waals surface area (Å²) in [5.74, 6) is 0.634. The van der Waals surface area contributed by atoms with Crippen LogP contribution in [0.5, 0.6) is 0 Å². The summed E-state index contributed by atoms with van der Waals surface area (Å²) < 4.78 is 5.31. The Morgan fingerprint density at radius 1 is 1.30 bits per heavy atom. The molecule has 2 heterocycles. The molecule has 1 aromatic heterocycles. The molecule has 1 saturated heterocycles. The number of likely N-dealkylation sites (tertiary alicyclic amines) is 1. The van der Waals surface area contributed by atoms with E-state index in [1.165, 1.54) is 19.8 Å². The Balaban J connectivity index is 1.90. The van der Waals surface area contributed by atoms with Gasteiger partial charge in [-0.25, -0.2) is 4.79 Å². The van der Waals surface area contributed by atoms with Crippen molar-refractivity contribution in [2.45, 2.75) is 33.2 Å². The lowest BCUT2D eigenvalue weighted by atomic mass is 9.98. The Kier molecular flexibility index (Phi) is 4.48. The molecule has 0 radical (unpaired) electrons. The van der Waals surface area contributed by atoms with Crippen molar-refractivity contribution in [3.05, 3.63) is 40.2 Å². The number of fused-ring (bicyclic) bond motifs is 1. The van der Waals surface area contributed by atoms with Crippen molar-refractivity contribution in [1.82, 2.24) is 4.90 Å².